The summed E-state index contributed by atoms with van der Waals surface area (Å²) in [6.07, 6.45) is 2.41. The lowest BCUT2D eigenvalue weighted by Crippen LogP contribution is -2.19. The zero-order valence-electron chi connectivity index (χ0n) is 15.4. The Kier molecular flexibility index (Phi) is 5.52. The van der Waals surface area contributed by atoms with E-state index < -0.39 is 32.8 Å². The highest BCUT2D eigenvalue weighted by molar-refractivity contribution is 7.89. The van der Waals surface area contributed by atoms with Gasteiger partial charge >= 0.3 is 0 Å². The summed E-state index contributed by atoms with van der Waals surface area (Å²) in [5.74, 6) is -3.21. The van der Waals surface area contributed by atoms with Gasteiger partial charge in [-0.1, -0.05) is 6.07 Å². The fraction of sp³-hybridized carbons (Fsp3) is 0.150. The monoisotopic (exact) mass is 423 g/mol. The zero-order valence-corrected chi connectivity index (χ0v) is 16.3. The molecule has 0 aliphatic heterocycles. The van der Waals surface area contributed by atoms with Gasteiger partial charge in [-0.15, -0.1) is 0 Å². The molecule has 3 aromatic rings. The van der Waals surface area contributed by atoms with Crippen LogP contribution in [0.5, 0.6) is 11.5 Å². The standard InChI is InChI=1S/C20H16F3NO4S/c1-24-10-13(8-17(23)20(24)25)15-7-12(11-29(2,26)27)3-5-18(15)28-19-6-4-14(21)9-16(19)22/h3-10H,11H2,1-2H3. The molecule has 0 radical (unpaired) electrons. The van der Waals surface area contributed by atoms with Crippen molar-refractivity contribution in [2.45, 2.75) is 5.75 Å². The van der Waals surface area contributed by atoms with Crippen LogP contribution in [0, 0.1) is 17.5 Å². The quantitative estimate of drug-likeness (QED) is 0.626. The summed E-state index contributed by atoms with van der Waals surface area (Å²) in [4.78, 5) is 11.7. The third kappa shape index (κ3) is 4.86. The normalized spacial score (nSPS) is 11.5. The van der Waals surface area contributed by atoms with Crippen LogP contribution in [0.15, 0.2) is 53.5 Å². The Morgan fingerprint density at radius 2 is 1.66 bits per heavy atom. The third-order valence-electron chi connectivity index (χ3n) is 4.04. The molecule has 1 aromatic heterocycles. The number of hydrogen-bond acceptors (Lipinski definition) is 4. The lowest BCUT2D eigenvalue weighted by atomic mass is 10.0. The van der Waals surface area contributed by atoms with E-state index >= 15 is 0 Å². The highest BCUT2D eigenvalue weighted by atomic mass is 32.2. The zero-order chi connectivity index (χ0) is 21.3. The Morgan fingerprint density at radius 1 is 0.966 bits per heavy atom. The molecule has 152 valence electrons. The molecule has 0 N–H and O–H groups in total. The van der Waals surface area contributed by atoms with Crippen molar-refractivity contribution in [1.29, 1.82) is 0 Å². The molecule has 9 heteroatoms. The summed E-state index contributed by atoms with van der Waals surface area (Å²) in [6.45, 7) is 0. The molecular formula is C20H16F3NO4S. The van der Waals surface area contributed by atoms with Crippen LogP contribution in [0.4, 0.5) is 13.2 Å². The number of aromatic nitrogens is 1. The van der Waals surface area contributed by atoms with Crippen molar-refractivity contribution in [3.05, 3.63) is 82.0 Å². The number of benzene rings is 2. The second-order valence-electron chi connectivity index (χ2n) is 6.57. The smallest absolute Gasteiger partial charge is 0.286 e. The van der Waals surface area contributed by atoms with Gasteiger partial charge in [0.2, 0.25) is 0 Å². The van der Waals surface area contributed by atoms with Gasteiger partial charge in [0.25, 0.3) is 5.56 Å². The maximum atomic E-state index is 14.0. The van der Waals surface area contributed by atoms with Gasteiger partial charge in [0.15, 0.2) is 27.2 Å². The molecular weight excluding hydrogens is 407 g/mol. The van der Waals surface area contributed by atoms with E-state index in [0.717, 1.165) is 29.0 Å². The van der Waals surface area contributed by atoms with E-state index in [-0.39, 0.29) is 28.4 Å². The van der Waals surface area contributed by atoms with Crippen molar-refractivity contribution >= 4 is 9.84 Å². The average molecular weight is 423 g/mol. The molecule has 0 unspecified atom stereocenters. The van der Waals surface area contributed by atoms with Gasteiger partial charge in [0, 0.05) is 36.7 Å². The summed E-state index contributed by atoms with van der Waals surface area (Å²) in [7, 11) is -2.00. The van der Waals surface area contributed by atoms with Crippen molar-refractivity contribution in [2.24, 2.45) is 7.05 Å². The van der Waals surface area contributed by atoms with Crippen LogP contribution < -0.4 is 10.3 Å². The number of halogens is 3. The first-order valence-electron chi connectivity index (χ1n) is 8.33. The molecule has 3 rings (SSSR count). The molecule has 0 bridgehead atoms. The van der Waals surface area contributed by atoms with Crippen molar-refractivity contribution in [3.63, 3.8) is 0 Å². The van der Waals surface area contributed by atoms with Crippen molar-refractivity contribution in [1.82, 2.24) is 4.57 Å². The SMILES string of the molecule is Cn1cc(-c2cc(CS(C)(=O)=O)ccc2Oc2ccc(F)cc2F)cc(F)c1=O. The topological polar surface area (TPSA) is 65.4 Å². The minimum Gasteiger partial charge on any atom is -0.454 e. The summed E-state index contributed by atoms with van der Waals surface area (Å²) < 4.78 is 71.0. The molecule has 2 aromatic carbocycles. The number of ether oxygens (including phenoxy) is 1. The molecule has 0 aliphatic carbocycles. The molecule has 0 atom stereocenters. The lowest BCUT2D eigenvalue weighted by molar-refractivity contribution is 0.439. The van der Waals surface area contributed by atoms with Crippen LogP contribution in [0.25, 0.3) is 11.1 Å². The van der Waals surface area contributed by atoms with Crippen LogP contribution in [0.3, 0.4) is 0 Å². The van der Waals surface area contributed by atoms with Gasteiger partial charge < -0.3 is 9.30 Å². The first-order chi connectivity index (χ1) is 13.5. The van der Waals surface area contributed by atoms with Crippen LogP contribution >= 0.6 is 0 Å². The van der Waals surface area contributed by atoms with Gasteiger partial charge in [0.05, 0.1) is 5.75 Å². The van der Waals surface area contributed by atoms with Gasteiger partial charge in [-0.05, 0) is 35.9 Å². The summed E-state index contributed by atoms with van der Waals surface area (Å²) in [5.41, 5.74) is 0.0126. The number of pyridine rings is 1. The first-order valence-corrected chi connectivity index (χ1v) is 10.4. The number of nitrogens with zero attached hydrogens (tertiary/aromatic N) is 1. The number of aryl methyl sites for hydroxylation is 1. The predicted octanol–water partition coefficient (Wildman–Crippen LogP) is 3.81. The molecule has 0 fully saturated rings. The van der Waals surface area contributed by atoms with E-state index in [2.05, 4.69) is 0 Å². The molecule has 1 heterocycles. The third-order valence-corrected chi connectivity index (χ3v) is 4.90. The highest BCUT2D eigenvalue weighted by Crippen LogP contribution is 2.35. The molecule has 0 spiro atoms. The van der Waals surface area contributed by atoms with E-state index in [0.29, 0.717) is 11.6 Å². The van der Waals surface area contributed by atoms with Crippen molar-refractivity contribution in [2.75, 3.05) is 6.26 Å². The number of rotatable bonds is 5. The molecule has 0 saturated carbocycles. The lowest BCUT2D eigenvalue weighted by Gasteiger charge is -2.14. The van der Waals surface area contributed by atoms with Crippen LogP contribution in [-0.4, -0.2) is 19.2 Å². The molecule has 29 heavy (non-hydrogen) atoms. The fourth-order valence-electron chi connectivity index (χ4n) is 2.78. The van der Waals surface area contributed by atoms with Gasteiger partial charge in [0.1, 0.15) is 11.6 Å². The Morgan fingerprint density at radius 3 is 2.28 bits per heavy atom. The second-order valence-corrected chi connectivity index (χ2v) is 8.71. The van der Waals surface area contributed by atoms with Crippen LogP contribution in [-0.2, 0) is 22.6 Å². The van der Waals surface area contributed by atoms with Crippen molar-refractivity contribution in [3.8, 4) is 22.6 Å². The summed E-state index contributed by atoms with van der Waals surface area (Å²) in [5, 5.41) is 0. The Labute approximate surface area is 164 Å². The fourth-order valence-corrected chi connectivity index (χ4v) is 3.56. The van der Waals surface area contributed by atoms with Crippen LogP contribution in [0.2, 0.25) is 0 Å². The summed E-state index contributed by atoms with van der Waals surface area (Å²) >= 11 is 0. The van der Waals surface area contributed by atoms with Crippen LogP contribution in [0.1, 0.15) is 5.56 Å². The Hall–Kier alpha value is -3.07. The maximum absolute atomic E-state index is 14.0. The van der Waals surface area contributed by atoms with Gasteiger partial charge in [-0.2, -0.15) is 0 Å². The van der Waals surface area contributed by atoms with Crippen molar-refractivity contribution < 1.29 is 26.3 Å². The van der Waals surface area contributed by atoms with E-state index in [4.69, 9.17) is 4.74 Å². The maximum Gasteiger partial charge on any atom is 0.286 e. The number of hydrogen-bond donors (Lipinski definition) is 0. The molecule has 0 amide bonds. The average Bonchev–Trinajstić information content (AvgIpc) is 2.61. The first kappa shape index (κ1) is 20.7. The predicted molar refractivity (Wildman–Crippen MR) is 102 cm³/mol. The molecule has 5 nitrogen and oxygen atoms in total. The molecule has 0 aliphatic rings. The van der Waals surface area contributed by atoms with E-state index in [1.54, 1.807) is 0 Å². The van der Waals surface area contributed by atoms with Gasteiger partial charge in [-0.25, -0.2) is 21.6 Å². The highest BCUT2D eigenvalue weighted by Gasteiger charge is 2.16. The van der Waals surface area contributed by atoms with Gasteiger partial charge in [-0.3, -0.25) is 4.79 Å². The second kappa shape index (κ2) is 7.75. The largest absolute Gasteiger partial charge is 0.454 e. The van der Waals surface area contributed by atoms with E-state index in [9.17, 15) is 26.4 Å². The Balaban J connectivity index is 2.16. The number of sulfone groups is 1. The van der Waals surface area contributed by atoms with E-state index in [1.807, 2.05) is 0 Å². The van der Waals surface area contributed by atoms with E-state index in [1.165, 1.54) is 31.4 Å². The molecule has 0 saturated heterocycles. The minimum atomic E-state index is -3.35. The minimum absolute atomic E-state index is 0.0748. The summed E-state index contributed by atoms with van der Waals surface area (Å²) in [6, 6.07) is 8.08. The Bertz CT molecular complexity index is 1230.